The number of carboxylic acids is 1. The van der Waals surface area contributed by atoms with Crippen LogP contribution in [0.2, 0.25) is 0 Å². The Morgan fingerprint density at radius 2 is 2.00 bits per heavy atom. The molecule has 0 fully saturated rings. The van der Waals surface area contributed by atoms with Gasteiger partial charge in [-0.25, -0.2) is 15.1 Å². The highest BCUT2D eigenvalue weighted by Gasteiger charge is 2.32. The minimum Gasteiger partial charge on any atom is -0.479 e. The Bertz CT molecular complexity index is 538. The number of carbonyl (C=O) groups is 2. The van der Waals surface area contributed by atoms with Crippen LogP contribution in [-0.2, 0) is 9.63 Å². The standard InChI is InChI=1S/C10H8BrF3N2O5/c11-5-1-2-6(7(3-5)21-10(12,13)14)15-9(19)16-20-4-8(17)18/h1-3H,4H2,(H,17,18)(H2,15,16,19). The number of aliphatic carboxylic acids is 1. The third kappa shape index (κ3) is 6.81. The monoisotopic (exact) mass is 372 g/mol. The summed E-state index contributed by atoms with van der Waals surface area (Å²) in [6.45, 7) is -0.806. The maximum Gasteiger partial charge on any atom is 0.573 e. The number of ether oxygens (including phenoxy) is 1. The fraction of sp³-hybridized carbons (Fsp3) is 0.200. The quantitative estimate of drug-likeness (QED) is 0.690. The molecule has 0 aliphatic heterocycles. The van der Waals surface area contributed by atoms with Gasteiger partial charge in [0.1, 0.15) is 0 Å². The Kier molecular flexibility index (Phi) is 5.79. The van der Waals surface area contributed by atoms with E-state index in [1.54, 1.807) is 5.48 Å². The van der Waals surface area contributed by atoms with Crippen molar-refractivity contribution >= 4 is 33.6 Å². The average Bonchev–Trinajstić information content (AvgIpc) is 2.30. The van der Waals surface area contributed by atoms with E-state index in [-0.39, 0.29) is 5.69 Å². The first-order chi connectivity index (χ1) is 9.67. The molecular formula is C10H8BrF3N2O5. The van der Waals surface area contributed by atoms with Gasteiger partial charge in [-0.3, -0.25) is 4.84 Å². The molecule has 0 aromatic heterocycles. The number of carbonyl (C=O) groups excluding carboxylic acids is 1. The number of alkyl halides is 3. The molecule has 0 heterocycles. The van der Waals surface area contributed by atoms with Crippen LogP contribution >= 0.6 is 15.9 Å². The molecular weight excluding hydrogens is 365 g/mol. The highest BCUT2D eigenvalue weighted by Crippen LogP contribution is 2.32. The van der Waals surface area contributed by atoms with Gasteiger partial charge in [0, 0.05) is 4.47 Å². The minimum atomic E-state index is -4.94. The summed E-state index contributed by atoms with van der Waals surface area (Å²) >= 11 is 2.96. The average molecular weight is 373 g/mol. The van der Waals surface area contributed by atoms with E-state index in [0.29, 0.717) is 4.47 Å². The van der Waals surface area contributed by atoms with Crippen molar-refractivity contribution in [3.05, 3.63) is 22.7 Å². The maximum atomic E-state index is 12.2. The minimum absolute atomic E-state index is 0.285. The van der Waals surface area contributed by atoms with Gasteiger partial charge in [0.05, 0.1) is 5.69 Å². The van der Waals surface area contributed by atoms with Crippen LogP contribution in [0.4, 0.5) is 23.7 Å². The van der Waals surface area contributed by atoms with Gasteiger partial charge in [-0.2, -0.15) is 0 Å². The van der Waals surface area contributed by atoms with Gasteiger partial charge >= 0.3 is 18.4 Å². The zero-order chi connectivity index (χ0) is 16.0. The molecule has 0 saturated heterocycles. The van der Waals surface area contributed by atoms with Gasteiger partial charge < -0.3 is 15.2 Å². The van der Waals surface area contributed by atoms with Crippen LogP contribution in [0.1, 0.15) is 0 Å². The van der Waals surface area contributed by atoms with E-state index in [2.05, 4.69) is 25.5 Å². The first-order valence-corrected chi connectivity index (χ1v) is 5.92. The summed E-state index contributed by atoms with van der Waals surface area (Å²) in [5.74, 6) is -1.98. The number of amides is 2. The summed E-state index contributed by atoms with van der Waals surface area (Å²) < 4.78 is 40.7. The molecule has 0 atom stereocenters. The van der Waals surface area contributed by atoms with Gasteiger partial charge in [0.15, 0.2) is 12.4 Å². The highest BCUT2D eigenvalue weighted by molar-refractivity contribution is 9.10. The molecule has 3 N–H and O–H groups in total. The van der Waals surface area contributed by atoms with Crippen molar-refractivity contribution < 1.29 is 37.4 Å². The number of anilines is 1. The summed E-state index contributed by atoms with van der Waals surface area (Å²) in [5.41, 5.74) is 1.40. The second-order valence-electron chi connectivity index (χ2n) is 3.43. The molecule has 0 saturated carbocycles. The van der Waals surface area contributed by atoms with Crippen LogP contribution in [0.5, 0.6) is 5.75 Å². The molecule has 2 amide bonds. The first kappa shape index (κ1) is 17.0. The van der Waals surface area contributed by atoms with Crippen molar-refractivity contribution in [2.45, 2.75) is 6.36 Å². The maximum absolute atomic E-state index is 12.2. The number of nitrogens with one attached hydrogen (secondary N) is 2. The van der Waals surface area contributed by atoms with E-state index in [1.807, 2.05) is 5.32 Å². The largest absolute Gasteiger partial charge is 0.573 e. The molecule has 0 radical (unpaired) electrons. The third-order valence-electron chi connectivity index (χ3n) is 1.78. The smallest absolute Gasteiger partial charge is 0.479 e. The topological polar surface area (TPSA) is 96.9 Å². The molecule has 1 rings (SSSR count). The number of hydrogen-bond acceptors (Lipinski definition) is 4. The fourth-order valence-electron chi connectivity index (χ4n) is 1.12. The first-order valence-electron chi connectivity index (χ1n) is 5.13. The number of halogens is 4. The summed E-state index contributed by atoms with van der Waals surface area (Å²) in [4.78, 5) is 25.7. The zero-order valence-electron chi connectivity index (χ0n) is 10.0. The summed E-state index contributed by atoms with van der Waals surface area (Å²) in [7, 11) is 0. The van der Waals surface area contributed by atoms with Gasteiger partial charge in [0.25, 0.3) is 0 Å². The van der Waals surface area contributed by atoms with E-state index in [9.17, 15) is 22.8 Å². The second-order valence-corrected chi connectivity index (χ2v) is 4.34. The Labute approximate surface area is 124 Å². The highest BCUT2D eigenvalue weighted by atomic mass is 79.9. The summed E-state index contributed by atoms with van der Waals surface area (Å²) in [6, 6.07) is 2.46. The lowest BCUT2D eigenvalue weighted by molar-refractivity contribution is -0.274. The van der Waals surface area contributed by atoms with Crippen molar-refractivity contribution in [2.24, 2.45) is 0 Å². The van der Waals surface area contributed by atoms with Crippen LogP contribution in [0.15, 0.2) is 22.7 Å². The van der Waals surface area contributed by atoms with E-state index >= 15 is 0 Å². The van der Waals surface area contributed by atoms with E-state index in [1.165, 1.54) is 6.07 Å². The van der Waals surface area contributed by atoms with E-state index in [4.69, 9.17) is 5.11 Å². The predicted molar refractivity (Wildman–Crippen MR) is 66.6 cm³/mol. The van der Waals surface area contributed by atoms with Crippen molar-refractivity contribution in [3.63, 3.8) is 0 Å². The molecule has 7 nitrogen and oxygen atoms in total. The molecule has 0 bridgehead atoms. The third-order valence-corrected chi connectivity index (χ3v) is 2.27. The predicted octanol–water partition coefficient (Wildman–Crippen LogP) is 2.49. The zero-order valence-corrected chi connectivity index (χ0v) is 11.6. The van der Waals surface area contributed by atoms with Crippen molar-refractivity contribution in [3.8, 4) is 5.75 Å². The van der Waals surface area contributed by atoms with Crippen LogP contribution in [-0.4, -0.2) is 30.1 Å². The number of hydroxylamine groups is 1. The lowest BCUT2D eigenvalue weighted by Crippen LogP contribution is -2.31. The Morgan fingerprint density at radius 1 is 1.33 bits per heavy atom. The fourth-order valence-corrected chi connectivity index (χ4v) is 1.46. The SMILES string of the molecule is O=C(O)CONC(=O)Nc1ccc(Br)cc1OC(F)(F)F. The van der Waals surface area contributed by atoms with E-state index < -0.39 is 30.7 Å². The molecule has 0 unspecified atom stereocenters. The lowest BCUT2D eigenvalue weighted by Gasteiger charge is -2.14. The number of benzene rings is 1. The lowest BCUT2D eigenvalue weighted by atomic mass is 10.3. The number of urea groups is 1. The van der Waals surface area contributed by atoms with Gasteiger partial charge in [-0.15, -0.1) is 13.2 Å². The normalized spacial score (nSPS) is 10.9. The Morgan fingerprint density at radius 3 is 2.57 bits per heavy atom. The molecule has 11 heteroatoms. The Hall–Kier alpha value is -2.01. The van der Waals surface area contributed by atoms with Gasteiger partial charge in [0.2, 0.25) is 0 Å². The molecule has 0 aliphatic rings. The number of hydrogen-bond donors (Lipinski definition) is 3. The number of rotatable bonds is 5. The van der Waals surface area contributed by atoms with Crippen molar-refractivity contribution in [1.82, 2.24) is 5.48 Å². The number of carboxylic acid groups (broad SMARTS) is 1. The molecule has 1 aromatic carbocycles. The van der Waals surface area contributed by atoms with E-state index in [0.717, 1.165) is 12.1 Å². The van der Waals surface area contributed by atoms with Gasteiger partial charge in [-0.1, -0.05) is 15.9 Å². The van der Waals surface area contributed by atoms with Crippen LogP contribution in [0.3, 0.4) is 0 Å². The van der Waals surface area contributed by atoms with Crippen LogP contribution in [0, 0.1) is 0 Å². The van der Waals surface area contributed by atoms with Crippen molar-refractivity contribution in [2.75, 3.05) is 11.9 Å². The summed E-state index contributed by atoms with van der Waals surface area (Å²) in [5, 5.41) is 10.3. The summed E-state index contributed by atoms with van der Waals surface area (Å²) in [6.07, 6.45) is -4.94. The molecule has 116 valence electrons. The van der Waals surface area contributed by atoms with Crippen molar-refractivity contribution in [1.29, 1.82) is 0 Å². The molecule has 0 spiro atoms. The molecule has 21 heavy (non-hydrogen) atoms. The van der Waals surface area contributed by atoms with Crippen LogP contribution in [0.25, 0.3) is 0 Å². The van der Waals surface area contributed by atoms with Gasteiger partial charge in [-0.05, 0) is 18.2 Å². The van der Waals surface area contributed by atoms with Crippen LogP contribution < -0.4 is 15.5 Å². The molecule has 0 aliphatic carbocycles. The molecule has 1 aromatic rings. The Balaban J connectivity index is 2.73. The second kappa shape index (κ2) is 7.13.